The molecule has 164 valence electrons. The summed E-state index contributed by atoms with van der Waals surface area (Å²) in [6, 6.07) is 7.19. The Kier molecular flexibility index (Phi) is 6.69. The van der Waals surface area contributed by atoms with Gasteiger partial charge in [-0.05, 0) is 30.0 Å². The summed E-state index contributed by atoms with van der Waals surface area (Å²) in [4.78, 5) is 19.9. The van der Waals surface area contributed by atoms with Crippen molar-refractivity contribution in [2.24, 2.45) is 0 Å². The largest absolute Gasteiger partial charge is 0.335 e. The van der Waals surface area contributed by atoms with Crippen molar-refractivity contribution < 1.29 is 13.2 Å². The van der Waals surface area contributed by atoms with Gasteiger partial charge in [0, 0.05) is 31.6 Å². The quantitative estimate of drug-likeness (QED) is 0.689. The van der Waals surface area contributed by atoms with Crippen LogP contribution in [-0.4, -0.2) is 54.7 Å². The number of hydrogen-bond donors (Lipinski definition) is 0. The summed E-state index contributed by atoms with van der Waals surface area (Å²) in [6.45, 7) is 11.8. The maximum atomic E-state index is 13.0. The van der Waals surface area contributed by atoms with Gasteiger partial charge in [-0.1, -0.05) is 46.8 Å². The van der Waals surface area contributed by atoms with Crippen LogP contribution < -0.4 is 0 Å². The molecule has 1 aliphatic rings. The Morgan fingerprint density at radius 1 is 1.13 bits per heavy atom. The molecular weight excluding hydrogens is 418 g/mol. The lowest BCUT2D eigenvalue weighted by atomic mass is 9.98. The molecule has 0 radical (unpaired) electrons. The Hall–Kier alpha value is -1.77. The Labute approximate surface area is 184 Å². The average Bonchev–Trinajstić information content (AvgIpc) is 3.23. The van der Waals surface area contributed by atoms with E-state index < -0.39 is 10.0 Å². The SMILES string of the molecule is CCC(C)c1ccc(S(=O)(=O)N2CCN(C(=O)c3cnc(C(C)(C)C)s3)CC2)cc1. The highest BCUT2D eigenvalue weighted by Gasteiger charge is 2.31. The van der Waals surface area contributed by atoms with Crippen LogP contribution >= 0.6 is 11.3 Å². The molecule has 0 aliphatic carbocycles. The highest BCUT2D eigenvalue weighted by atomic mass is 32.2. The Bertz CT molecular complexity index is 983. The first-order valence-corrected chi connectivity index (χ1v) is 12.7. The minimum Gasteiger partial charge on any atom is -0.335 e. The third-order valence-corrected chi connectivity index (χ3v) is 8.91. The summed E-state index contributed by atoms with van der Waals surface area (Å²) < 4.78 is 27.5. The molecule has 1 unspecified atom stereocenters. The number of rotatable bonds is 5. The van der Waals surface area contributed by atoms with E-state index >= 15 is 0 Å². The zero-order chi connectivity index (χ0) is 22.1. The van der Waals surface area contributed by atoms with Gasteiger partial charge < -0.3 is 4.90 Å². The third kappa shape index (κ3) is 4.76. The van der Waals surface area contributed by atoms with Crippen molar-refractivity contribution in [1.29, 1.82) is 0 Å². The van der Waals surface area contributed by atoms with E-state index in [1.807, 2.05) is 12.1 Å². The minimum atomic E-state index is -3.55. The molecule has 30 heavy (non-hydrogen) atoms. The van der Waals surface area contributed by atoms with Gasteiger partial charge in [0.25, 0.3) is 5.91 Å². The lowest BCUT2D eigenvalue weighted by Gasteiger charge is -2.33. The van der Waals surface area contributed by atoms with Gasteiger partial charge in [-0.15, -0.1) is 11.3 Å². The molecule has 3 rings (SSSR count). The fourth-order valence-electron chi connectivity index (χ4n) is 3.36. The second-order valence-electron chi connectivity index (χ2n) is 8.85. The summed E-state index contributed by atoms with van der Waals surface area (Å²) >= 11 is 1.42. The zero-order valence-corrected chi connectivity index (χ0v) is 20.0. The number of carbonyl (C=O) groups is 1. The maximum absolute atomic E-state index is 13.0. The number of hydrogen-bond acceptors (Lipinski definition) is 5. The van der Waals surface area contributed by atoms with Crippen LogP contribution in [0.15, 0.2) is 35.4 Å². The van der Waals surface area contributed by atoms with E-state index in [0.29, 0.717) is 41.9 Å². The zero-order valence-electron chi connectivity index (χ0n) is 18.4. The summed E-state index contributed by atoms with van der Waals surface area (Å²) in [6.07, 6.45) is 2.65. The number of nitrogens with zero attached hydrogens (tertiary/aromatic N) is 3. The topological polar surface area (TPSA) is 70.6 Å². The molecule has 0 saturated carbocycles. The summed E-state index contributed by atoms with van der Waals surface area (Å²) in [5, 5.41) is 0.924. The molecule has 1 aromatic heterocycles. The van der Waals surface area contributed by atoms with Crippen molar-refractivity contribution in [2.75, 3.05) is 26.2 Å². The van der Waals surface area contributed by atoms with Gasteiger partial charge in [-0.3, -0.25) is 4.79 Å². The molecule has 1 atom stereocenters. The molecule has 8 heteroatoms. The van der Waals surface area contributed by atoms with Crippen LogP contribution in [0.4, 0.5) is 0 Å². The van der Waals surface area contributed by atoms with Gasteiger partial charge in [-0.25, -0.2) is 13.4 Å². The molecule has 1 amide bonds. The van der Waals surface area contributed by atoms with Gasteiger partial charge in [0.15, 0.2) is 0 Å². The van der Waals surface area contributed by atoms with Gasteiger partial charge in [0.1, 0.15) is 4.88 Å². The fourth-order valence-corrected chi connectivity index (χ4v) is 5.72. The van der Waals surface area contributed by atoms with Crippen molar-refractivity contribution in [3.8, 4) is 0 Å². The molecule has 6 nitrogen and oxygen atoms in total. The van der Waals surface area contributed by atoms with Gasteiger partial charge >= 0.3 is 0 Å². The first-order valence-electron chi connectivity index (χ1n) is 10.4. The number of piperazine rings is 1. The number of aromatic nitrogens is 1. The molecule has 1 aromatic carbocycles. The van der Waals surface area contributed by atoms with Crippen molar-refractivity contribution in [3.63, 3.8) is 0 Å². The lowest BCUT2D eigenvalue weighted by molar-refractivity contribution is 0.0702. The molecule has 0 bridgehead atoms. The van der Waals surface area contributed by atoms with E-state index in [1.54, 1.807) is 23.2 Å². The van der Waals surface area contributed by atoms with Crippen molar-refractivity contribution >= 4 is 27.3 Å². The molecular formula is C22H31N3O3S2. The summed E-state index contributed by atoms with van der Waals surface area (Å²) in [7, 11) is -3.55. The Balaban J connectivity index is 1.65. The van der Waals surface area contributed by atoms with E-state index in [-0.39, 0.29) is 11.3 Å². The van der Waals surface area contributed by atoms with Gasteiger partial charge in [0.2, 0.25) is 10.0 Å². The van der Waals surface area contributed by atoms with Crippen molar-refractivity contribution in [2.45, 2.75) is 57.3 Å². The third-order valence-electron chi connectivity index (χ3n) is 5.58. The lowest BCUT2D eigenvalue weighted by Crippen LogP contribution is -2.50. The van der Waals surface area contributed by atoms with Crippen molar-refractivity contribution in [3.05, 3.63) is 45.9 Å². The van der Waals surface area contributed by atoms with Gasteiger partial charge in [0.05, 0.1) is 16.1 Å². The van der Waals surface area contributed by atoms with Gasteiger partial charge in [-0.2, -0.15) is 4.31 Å². The summed E-state index contributed by atoms with van der Waals surface area (Å²) in [5.41, 5.74) is 1.05. The predicted molar refractivity (Wildman–Crippen MR) is 121 cm³/mol. The van der Waals surface area contributed by atoms with Crippen molar-refractivity contribution in [1.82, 2.24) is 14.2 Å². The Morgan fingerprint density at radius 2 is 1.73 bits per heavy atom. The van der Waals surface area contributed by atoms with E-state index in [0.717, 1.165) is 17.0 Å². The molecule has 0 spiro atoms. The van der Waals surface area contributed by atoms with Crippen LogP contribution in [0, 0.1) is 0 Å². The molecule has 2 heterocycles. The van der Waals surface area contributed by atoms with Crippen LogP contribution in [0.25, 0.3) is 0 Å². The summed E-state index contributed by atoms with van der Waals surface area (Å²) in [5.74, 6) is 0.333. The molecule has 2 aromatic rings. The Morgan fingerprint density at radius 3 is 2.23 bits per heavy atom. The molecule has 1 aliphatic heterocycles. The second kappa shape index (κ2) is 8.77. The van der Waals surface area contributed by atoms with Crippen LogP contribution in [0.5, 0.6) is 0 Å². The number of carbonyl (C=O) groups excluding carboxylic acids is 1. The molecule has 1 fully saturated rings. The number of thiazole rings is 1. The van der Waals surface area contributed by atoms with Crippen LogP contribution in [0.1, 0.15) is 67.2 Å². The maximum Gasteiger partial charge on any atom is 0.265 e. The monoisotopic (exact) mass is 449 g/mol. The van der Waals surface area contributed by atoms with Crippen LogP contribution in [0.3, 0.4) is 0 Å². The smallest absolute Gasteiger partial charge is 0.265 e. The normalized spacial score (nSPS) is 17.2. The fraction of sp³-hybridized carbons (Fsp3) is 0.545. The number of benzene rings is 1. The van der Waals surface area contributed by atoms with Crippen LogP contribution in [-0.2, 0) is 15.4 Å². The standard InChI is InChI=1S/C22H31N3O3S2/c1-6-16(2)17-7-9-18(10-8-17)30(27,28)25-13-11-24(12-14-25)20(26)19-15-23-21(29-19)22(3,4)5/h7-10,15-16H,6,11-14H2,1-5H3. The number of sulfonamides is 1. The van der Waals surface area contributed by atoms with E-state index in [2.05, 4.69) is 39.6 Å². The minimum absolute atomic E-state index is 0.0713. The van der Waals surface area contributed by atoms with E-state index in [4.69, 9.17) is 0 Å². The first kappa shape index (κ1) is 22.9. The first-order chi connectivity index (χ1) is 14.0. The predicted octanol–water partition coefficient (Wildman–Crippen LogP) is 4.10. The second-order valence-corrected chi connectivity index (χ2v) is 11.8. The highest BCUT2D eigenvalue weighted by Crippen LogP contribution is 2.28. The molecule has 0 N–H and O–H groups in total. The van der Waals surface area contributed by atoms with E-state index in [9.17, 15) is 13.2 Å². The average molecular weight is 450 g/mol. The van der Waals surface area contributed by atoms with Crippen LogP contribution in [0.2, 0.25) is 0 Å². The highest BCUT2D eigenvalue weighted by molar-refractivity contribution is 7.89. The number of amides is 1. The molecule has 1 saturated heterocycles. The van der Waals surface area contributed by atoms with E-state index in [1.165, 1.54) is 15.6 Å².